The van der Waals surface area contributed by atoms with Gasteiger partial charge in [-0.15, -0.1) is 0 Å². The summed E-state index contributed by atoms with van der Waals surface area (Å²) in [6, 6.07) is 21.1. The molecule has 4 aromatic carbocycles. The fourth-order valence-electron chi connectivity index (χ4n) is 3.59. The molecule has 0 bridgehead atoms. The van der Waals surface area contributed by atoms with E-state index in [4.69, 9.17) is 5.73 Å². The van der Waals surface area contributed by atoms with E-state index in [-0.39, 0.29) is 5.75 Å². The van der Waals surface area contributed by atoms with E-state index in [1.165, 1.54) is 0 Å². The van der Waals surface area contributed by atoms with Gasteiger partial charge in [-0.1, -0.05) is 54.6 Å². The van der Waals surface area contributed by atoms with Crippen LogP contribution in [0.1, 0.15) is 15.9 Å². The number of hydrogen-bond acceptors (Lipinski definition) is 2. The van der Waals surface area contributed by atoms with Crippen LogP contribution < -0.4 is 5.73 Å². The lowest BCUT2D eigenvalue weighted by Gasteiger charge is -2.16. The maximum absolute atomic E-state index is 12.2. The van der Waals surface area contributed by atoms with Crippen LogP contribution in [0.5, 0.6) is 5.75 Å². The zero-order valence-electron chi connectivity index (χ0n) is 13.8. The molecule has 0 radical (unpaired) electrons. The van der Waals surface area contributed by atoms with E-state index >= 15 is 0 Å². The average molecular weight is 327 g/mol. The topological polar surface area (TPSA) is 63.3 Å². The lowest BCUT2D eigenvalue weighted by molar-refractivity contribution is 0.100. The second kappa shape index (κ2) is 5.64. The van der Waals surface area contributed by atoms with Crippen LogP contribution in [-0.2, 0) is 0 Å². The van der Waals surface area contributed by atoms with Crippen molar-refractivity contribution in [2.75, 3.05) is 0 Å². The Morgan fingerprint density at radius 1 is 0.880 bits per heavy atom. The number of nitrogens with two attached hydrogens (primary N) is 1. The van der Waals surface area contributed by atoms with E-state index in [1.54, 1.807) is 6.07 Å². The fraction of sp³-hybridized carbons (Fsp3) is 0.0455. The molecule has 3 nitrogen and oxygen atoms in total. The third-order valence-electron chi connectivity index (χ3n) is 4.73. The predicted octanol–water partition coefficient (Wildman–Crippen LogP) is 4.77. The maximum Gasteiger partial charge on any atom is 0.249 e. The Hall–Kier alpha value is -3.33. The predicted molar refractivity (Wildman–Crippen MR) is 102 cm³/mol. The molecule has 0 aromatic heterocycles. The summed E-state index contributed by atoms with van der Waals surface area (Å²) < 4.78 is 0. The molecule has 0 heterocycles. The van der Waals surface area contributed by atoms with E-state index in [9.17, 15) is 9.90 Å². The molecule has 0 aliphatic heterocycles. The minimum Gasteiger partial charge on any atom is -0.507 e. The second-order valence-electron chi connectivity index (χ2n) is 6.19. The summed E-state index contributed by atoms with van der Waals surface area (Å²) in [7, 11) is 0. The Morgan fingerprint density at radius 3 is 2.24 bits per heavy atom. The van der Waals surface area contributed by atoms with E-state index in [2.05, 4.69) is 0 Å². The lowest BCUT2D eigenvalue weighted by Crippen LogP contribution is -2.14. The zero-order chi connectivity index (χ0) is 17.6. The summed E-state index contributed by atoms with van der Waals surface area (Å²) in [5.74, 6) is -0.360. The van der Waals surface area contributed by atoms with Crippen molar-refractivity contribution in [1.29, 1.82) is 0 Å². The third-order valence-corrected chi connectivity index (χ3v) is 4.73. The van der Waals surface area contributed by atoms with Crippen molar-refractivity contribution in [3.8, 4) is 16.9 Å². The summed E-state index contributed by atoms with van der Waals surface area (Å²) >= 11 is 0. The molecule has 3 heteroatoms. The van der Waals surface area contributed by atoms with Gasteiger partial charge in [0, 0.05) is 5.56 Å². The van der Waals surface area contributed by atoms with Crippen LogP contribution in [0.15, 0.2) is 66.7 Å². The molecule has 0 saturated carbocycles. The summed E-state index contributed by atoms with van der Waals surface area (Å²) in [4.78, 5) is 12.2. The molecule has 1 amide bonds. The van der Waals surface area contributed by atoms with E-state index < -0.39 is 5.91 Å². The normalized spacial score (nSPS) is 11.1. The molecule has 0 atom stereocenters. The minimum atomic E-state index is -0.495. The first-order chi connectivity index (χ1) is 12.1. The molecule has 0 saturated heterocycles. The number of benzene rings is 4. The molecule has 3 N–H and O–H groups in total. The van der Waals surface area contributed by atoms with Crippen molar-refractivity contribution in [2.24, 2.45) is 5.73 Å². The highest BCUT2D eigenvalue weighted by Gasteiger charge is 2.20. The molecule has 0 aliphatic rings. The maximum atomic E-state index is 12.2. The zero-order valence-corrected chi connectivity index (χ0v) is 13.8. The highest BCUT2D eigenvalue weighted by atomic mass is 16.3. The Morgan fingerprint density at radius 2 is 1.52 bits per heavy atom. The quantitative estimate of drug-likeness (QED) is 0.557. The van der Waals surface area contributed by atoms with Gasteiger partial charge in [0.05, 0.1) is 5.56 Å². The molecular formula is C22H17NO2. The monoisotopic (exact) mass is 327 g/mol. The average Bonchev–Trinajstić information content (AvgIpc) is 2.61. The highest BCUT2D eigenvalue weighted by molar-refractivity contribution is 6.11. The number of phenolic OH excluding ortho intramolecular Hbond substituents is 1. The van der Waals surface area contributed by atoms with Gasteiger partial charge in [-0.05, 0) is 51.7 Å². The van der Waals surface area contributed by atoms with Crippen molar-refractivity contribution >= 4 is 27.5 Å². The van der Waals surface area contributed by atoms with Gasteiger partial charge < -0.3 is 10.8 Å². The number of aromatic hydroxyl groups is 1. The molecule has 0 unspecified atom stereocenters. The van der Waals surface area contributed by atoms with Gasteiger partial charge in [0.1, 0.15) is 5.75 Å². The fourth-order valence-corrected chi connectivity index (χ4v) is 3.59. The first-order valence-electron chi connectivity index (χ1n) is 8.11. The van der Waals surface area contributed by atoms with E-state index in [0.29, 0.717) is 16.7 Å². The molecular weight excluding hydrogens is 310 g/mol. The van der Waals surface area contributed by atoms with Gasteiger partial charge in [-0.25, -0.2) is 0 Å². The van der Waals surface area contributed by atoms with E-state index in [0.717, 1.165) is 27.1 Å². The summed E-state index contributed by atoms with van der Waals surface area (Å²) in [5.41, 5.74) is 8.30. The van der Waals surface area contributed by atoms with Crippen molar-refractivity contribution in [3.63, 3.8) is 0 Å². The summed E-state index contributed by atoms with van der Waals surface area (Å²) in [6.07, 6.45) is 0. The number of amides is 1. The van der Waals surface area contributed by atoms with Gasteiger partial charge in [0.2, 0.25) is 5.91 Å². The Balaban J connectivity index is 2.20. The van der Waals surface area contributed by atoms with Crippen LogP contribution in [-0.4, -0.2) is 11.0 Å². The minimum absolute atomic E-state index is 0.135. The number of hydrogen-bond donors (Lipinski definition) is 2. The van der Waals surface area contributed by atoms with Crippen LogP contribution >= 0.6 is 0 Å². The van der Waals surface area contributed by atoms with Gasteiger partial charge >= 0.3 is 0 Å². The lowest BCUT2D eigenvalue weighted by atomic mass is 9.88. The number of rotatable bonds is 2. The first-order valence-corrected chi connectivity index (χ1v) is 8.11. The van der Waals surface area contributed by atoms with Gasteiger partial charge in [0.15, 0.2) is 0 Å². The summed E-state index contributed by atoms with van der Waals surface area (Å²) in [5, 5.41) is 14.5. The van der Waals surface area contributed by atoms with Gasteiger partial charge in [0.25, 0.3) is 0 Å². The van der Waals surface area contributed by atoms with E-state index in [1.807, 2.05) is 67.6 Å². The molecule has 25 heavy (non-hydrogen) atoms. The molecule has 122 valence electrons. The first kappa shape index (κ1) is 15.2. The van der Waals surface area contributed by atoms with Crippen LogP contribution in [0.2, 0.25) is 0 Å². The van der Waals surface area contributed by atoms with Crippen molar-refractivity contribution < 1.29 is 9.90 Å². The molecule has 4 rings (SSSR count). The van der Waals surface area contributed by atoms with Crippen LogP contribution in [0.4, 0.5) is 0 Å². The highest BCUT2D eigenvalue weighted by Crippen LogP contribution is 2.40. The molecule has 0 spiro atoms. The Labute approximate surface area is 145 Å². The molecule has 4 aromatic rings. The smallest absolute Gasteiger partial charge is 0.249 e. The number of primary amides is 1. The molecule has 0 aliphatic carbocycles. The largest absolute Gasteiger partial charge is 0.507 e. The summed E-state index contributed by atoms with van der Waals surface area (Å²) in [6.45, 7) is 1.90. The number of fused-ring (bicyclic) bond motifs is 2. The van der Waals surface area contributed by atoms with Gasteiger partial charge in [-0.3, -0.25) is 4.79 Å². The van der Waals surface area contributed by atoms with Crippen LogP contribution in [0.3, 0.4) is 0 Å². The second-order valence-corrected chi connectivity index (χ2v) is 6.19. The molecule has 0 fully saturated rings. The van der Waals surface area contributed by atoms with Crippen LogP contribution in [0.25, 0.3) is 32.7 Å². The number of carbonyl (C=O) groups is 1. The standard InChI is InChI=1S/C22H17NO2/c1-13-16-8-4-3-7-15(16)12-18(20(13)22(23)25)21-17-9-5-2-6-14(17)10-11-19(21)24/h2-12,24H,1H3,(H2,23,25). The van der Waals surface area contributed by atoms with Crippen molar-refractivity contribution in [3.05, 3.63) is 77.9 Å². The van der Waals surface area contributed by atoms with Gasteiger partial charge in [-0.2, -0.15) is 0 Å². The van der Waals surface area contributed by atoms with Crippen molar-refractivity contribution in [2.45, 2.75) is 6.92 Å². The number of aryl methyl sites for hydroxylation is 1. The third kappa shape index (κ3) is 2.32. The number of phenols is 1. The van der Waals surface area contributed by atoms with Crippen molar-refractivity contribution in [1.82, 2.24) is 0 Å². The SMILES string of the molecule is Cc1c(C(N)=O)c(-c2c(O)ccc3ccccc23)cc2ccccc12. The Bertz CT molecular complexity index is 1150. The number of carbonyl (C=O) groups excluding carboxylic acids is 1. The van der Waals surface area contributed by atoms with Crippen LogP contribution in [0, 0.1) is 6.92 Å². The Kier molecular flexibility index (Phi) is 3.43.